The summed E-state index contributed by atoms with van der Waals surface area (Å²) in [5, 5.41) is 0. The number of rotatable bonds is 2. The summed E-state index contributed by atoms with van der Waals surface area (Å²) < 4.78 is 15.3. The lowest BCUT2D eigenvalue weighted by Crippen LogP contribution is -2.12. The SMILES string of the molecule is COB(C)OC.[3H]C(C)=O. The Morgan fingerprint density at radius 3 is 1.78 bits per heavy atom. The van der Waals surface area contributed by atoms with Gasteiger partial charge in [-0.3, -0.25) is 0 Å². The maximum absolute atomic E-state index is 9.11. The summed E-state index contributed by atoms with van der Waals surface area (Å²) in [5.74, 6) is 0. The Kier molecular flexibility index (Phi) is 10.2. The minimum absolute atomic E-state index is 0.0648. The van der Waals surface area contributed by atoms with Crippen molar-refractivity contribution in [3.8, 4) is 0 Å². The molecule has 0 aromatic heterocycles. The van der Waals surface area contributed by atoms with E-state index in [2.05, 4.69) is 9.31 Å². The van der Waals surface area contributed by atoms with E-state index in [4.69, 9.17) is 6.17 Å². The van der Waals surface area contributed by atoms with E-state index in [1.807, 2.05) is 6.82 Å². The molecule has 0 N–H and O–H groups in total. The van der Waals surface area contributed by atoms with E-state index in [0.717, 1.165) is 0 Å². The summed E-state index contributed by atoms with van der Waals surface area (Å²) in [6.07, 6.45) is -0.583. The van der Waals surface area contributed by atoms with Gasteiger partial charge in [-0.2, -0.15) is 0 Å². The average Bonchev–Trinajstić information content (AvgIpc) is 1.85. The number of aldehydes is 1. The molecular weight excluding hydrogens is 119 g/mol. The third-order valence-electron chi connectivity index (χ3n) is 0.664. The van der Waals surface area contributed by atoms with Crippen LogP contribution in [0.15, 0.2) is 0 Å². The van der Waals surface area contributed by atoms with Crippen LogP contribution in [-0.4, -0.2) is 27.6 Å². The van der Waals surface area contributed by atoms with E-state index >= 15 is 0 Å². The summed E-state index contributed by atoms with van der Waals surface area (Å²) in [7, 11) is 3.15. The summed E-state index contributed by atoms with van der Waals surface area (Å²) in [6.45, 7) is 3.03. The van der Waals surface area contributed by atoms with Crippen molar-refractivity contribution < 1.29 is 15.5 Å². The minimum atomic E-state index is -0.583. The first kappa shape index (κ1) is 8.65. The van der Waals surface area contributed by atoms with Gasteiger partial charge in [-0.25, -0.2) is 0 Å². The molecule has 0 aliphatic heterocycles. The van der Waals surface area contributed by atoms with Crippen molar-refractivity contribution in [3.05, 3.63) is 0 Å². The largest absolute Gasteiger partial charge is 0.453 e. The first-order chi connectivity index (χ1) is 4.54. The number of hydrogen-bond donors (Lipinski definition) is 0. The van der Waals surface area contributed by atoms with Gasteiger partial charge in [0.2, 0.25) is 0 Å². The molecule has 54 valence electrons. The van der Waals surface area contributed by atoms with Gasteiger partial charge in [-0.15, -0.1) is 0 Å². The van der Waals surface area contributed by atoms with Crippen LogP contribution >= 0.6 is 0 Å². The van der Waals surface area contributed by atoms with Crippen molar-refractivity contribution in [2.24, 2.45) is 0 Å². The molecule has 0 heterocycles. The topological polar surface area (TPSA) is 35.5 Å². The Morgan fingerprint density at radius 2 is 1.78 bits per heavy atom. The second kappa shape index (κ2) is 10.6. The van der Waals surface area contributed by atoms with Gasteiger partial charge in [0, 0.05) is 14.2 Å². The van der Waals surface area contributed by atoms with Gasteiger partial charge in [0.25, 0.3) is 0 Å². The van der Waals surface area contributed by atoms with E-state index in [1.54, 1.807) is 14.2 Å². The van der Waals surface area contributed by atoms with Gasteiger partial charge in [-0.1, -0.05) is 0 Å². The molecule has 0 atom stereocenters. The third-order valence-corrected chi connectivity index (χ3v) is 0.664. The summed E-state index contributed by atoms with van der Waals surface area (Å²) in [4.78, 5) is 9.11. The maximum atomic E-state index is 9.11. The summed E-state index contributed by atoms with van der Waals surface area (Å²) in [6, 6.07) is 0. The van der Waals surface area contributed by atoms with Crippen LogP contribution in [0.2, 0.25) is 6.82 Å². The molecule has 0 bridgehead atoms. The monoisotopic (exact) mass is 134 g/mol. The van der Waals surface area contributed by atoms with Crippen molar-refractivity contribution in [1.29, 1.82) is 0 Å². The summed E-state index contributed by atoms with van der Waals surface area (Å²) in [5.41, 5.74) is 0. The Labute approximate surface area is 57.9 Å². The molecule has 0 aromatic rings. The minimum Gasteiger partial charge on any atom is -0.414 e. The van der Waals surface area contributed by atoms with Crippen LogP contribution in [-0.2, 0) is 14.1 Å². The second-order valence-electron chi connectivity index (χ2n) is 1.24. The van der Waals surface area contributed by atoms with Crippen molar-refractivity contribution in [3.63, 3.8) is 0 Å². The number of hydrogen-bond acceptors (Lipinski definition) is 3. The molecule has 4 heteroatoms. The first-order valence-corrected chi connectivity index (χ1v) is 2.57. The van der Waals surface area contributed by atoms with E-state index in [1.165, 1.54) is 6.92 Å². The number of carbonyl (C=O) groups is 1. The maximum Gasteiger partial charge on any atom is 0.453 e. The normalized spacial score (nSPS) is 8.67. The van der Waals surface area contributed by atoms with Gasteiger partial charge in [0.1, 0.15) is 7.63 Å². The highest BCUT2D eigenvalue weighted by Crippen LogP contribution is 1.77. The van der Waals surface area contributed by atoms with Crippen LogP contribution in [0.25, 0.3) is 0 Å². The van der Waals surface area contributed by atoms with E-state index in [9.17, 15) is 0 Å². The molecule has 0 fully saturated rings. The van der Waals surface area contributed by atoms with Crippen molar-refractivity contribution in [2.45, 2.75) is 13.7 Å². The van der Waals surface area contributed by atoms with Crippen LogP contribution in [0.5, 0.6) is 0 Å². The molecule has 0 radical (unpaired) electrons. The molecule has 0 amide bonds. The van der Waals surface area contributed by atoms with Gasteiger partial charge in [0.05, 0.1) is 0 Å². The predicted molar refractivity (Wildman–Crippen MR) is 37.4 cm³/mol. The highest BCUT2D eigenvalue weighted by atomic mass is 16.6. The molecule has 9 heavy (non-hydrogen) atoms. The van der Waals surface area contributed by atoms with Gasteiger partial charge in [0.15, 0.2) is 0 Å². The van der Waals surface area contributed by atoms with Gasteiger partial charge in [-0.05, 0) is 13.7 Å². The van der Waals surface area contributed by atoms with Crippen LogP contribution < -0.4 is 0 Å². The van der Waals surface area contributed by atoms with Crippen LogP contribution in [0, 0.1) is 0 Å². The summed E-state index contributed by atoms with van der Waals surface area (Å²) >= 11 is 0. The average molecular weight is 134 g/mol. The van der Waals surface area contributed by atoms with Crippen molar-refractivity contribution in [2.75, 3.05) is 14.2 Å². The zero-order chi connectivity index (χ0) is 8.57. The smallest absolute Gasteiger partial charge is 0.414 e. The molecule has 0 unspecified atom stereocenters. The van der Waals surface area contributed by atoms with Crippen LogP contribution in [0.1, 0.15) is 8.29 Å². The van der Waals surface area contributed by atoms with E-state index in [0.29, 0.717) is 0 Å². The Bertz CT molecular complexity index is 81.0. The molecule has 0 aromatic carbocycles. The van der Waals surface area contributed by atoms with E-state index < -0.39 is 6.26 Å². The highest BCUT2D eigenvalue weighted by Gasteiger charge is 2.00. The van der Waals surface area contributed by atoms with Crippen LogP contribution in [0.4, 0.5) is 0 Å². The Balaban J connectivity index is 0. The molecule has 0 aliphatic rings. The number of carbonyl (C=O) groups excluding carboxylic acids is 1. The zero-order valence-electron chi connectivity index (χ0n) is 7.30. The van der Waals surface area contributed by atoms with Crippen LogP contribution in [0.3, 0.4) is 0 Å². The molecule has 0 spiro atoms. The van der Waals surface area contributed by atoms with Crippen molar-refractivity contribution >= 4 is 13.4 Å². The fourth-order valence-corrected chi connectivity index (χ4v) is 0.0962. The molecule has 3 nitrogen and oxygen atoms in total. The lowest BCUT2D eigenvalue weighted by Gasteiger charge is -1.97. The Morgan fingerprint density at radius 1 is 1.56 bits per heavy atom. The quantitative estimate of drug-likeness (QED) is 0.409. The fourth-order valence-electron chi connectivity index (χ4n) is 0.0962. The third kappa shape index (κ3) is 18.3. The van der Waals surface area contributed by atoms with Gasteiger partial charge < -0.3 is 14.1 Å². The first-order valence-electron chi connectivity index (χ1n) is 3.07. The zero-order valence-corrected chi connectivity index (χ0v) is 6.30. The predicted octanol–water partition coefficient (Wildman–Crippen LogP) is 0.602. The molecule has 0 rings (SSSR count). The molecular formula is C5H13BO3. The molecule has 0 saturated carbocycles. The molecule has 0 saturated heterocycles. The molecule has 0 aliphatic carbocycles. The highest BCUT2D eigenvalue weighted by molar-refractivity contribution is 6.42. The lowest BCUT2D eigenvalue weighted by atomic mass is 9.96. The van der Waals surface area contributed by atoms with E-state index in [-0.39, 0.29) is 7.12 Å². The van der Waals surface area contributed by atoms with Gasteiger partial charge >= 0.3 is 7.12 Å². The standard InChI is InChI=1S/C3H9BO2.C2H4O/c1-4(5-2)6-3;1-2-3/h1-3H3;2H,1H3/i;2T. The Hall–Kier alpha value is -0.345. The lowest BCUT2D eigenvalue weighted by molar-refractivity contribution is -0.106. The van der Waals surface area contributed by atoms with Crippen molar-refractivity contribution in [1.82, 2.24) is 0 Å². The second-order valence-corrected chi connectivity index (χ2v) is 1.24. The fraction of sp³-hybridized carbons (Fsp3) is 0.800.